The van der Waals surface area contributed by atoms with Crippen molar-refractivity contribution in [1.29, 1.82) is 0 Å². The Labute approximate surface area is 97.5 Å². The highest BCUT2D eigenvalue weighted by Gasteiger charge is 2.49. The molecule has 0 heterocycles. The molecule has 0 aliphatic heterocycles. The summed E-state index contributed by atoms with van der Waals surface area (Å²) >= 11 is 0. The highest BCUT2D eigenvalue weighted by atomic mass is 17.1. The first-order valence-electron chi connectivity index (χ1n) is 5.81. The molecule has 2 N–H and O–H groups in total. The largest absolute Gasteiger partial charge is 0.393 e. The SMILES string of the molecule is CCC(CC)(CC(C)O)C(C)(C)C(=O)OO. The summed E-state index contributed by atoms with van der Waals surface area (Å²) in [7, 11) is 0. The van der Waals surface area contributed by atoms with Gasteiger partial charge in [0.15, 0.2) is 0 Å². The lowest BCUT2D eigenvalue weighted by molar-refractivity contribution is -0.251. The Hall–Kier alpha value is -0.610. The minimum absolute atomic E-state index is 0.360. The molecule has 0 aromatic rings. The number of hydrogen-bond donors (Lipinski definition) is 2. The highest BCUT2D eigenvalue weighted by molar-refractivity contribution is 5.76. The molecule has 0 spiro atoms. The van der Waals surface area contributed by atoms with Crippen LogP contribution in [0, 0.1) is 10.8 Å². The highest BCUT2D eigenvalue weighted by Crippen LogP contribution is 2.48. The molecule has 0 bridgehead atoms. The summed E-state index contributed by atoms with van der Waals surface area (Å²) in [6.45, 7) is 9.18. The molecule has 1 unspecified atom stereocenters. The normalized spacial score (nSPS) is 14.7. The van der Waals surface area contributed by atoms with Gasteiger partial charge in [-0.2, -0.15) is 5.26 Å². The van der Waals surface area contributed by atoms with Crippen molar-refractivity contribution in [3.8, 4) is 0 Å². The van der Waals surface area contributed by atoms with Gasteiger partial charge >= 0.3 is 5.97 Å². The monoisotopic (exact) mass is 232 g/mol. The second-order valence-corrected chi connectivity index (χ2v) is 5.04. The molecule has 4 heteroatoms. The van der Waals surface area contributed by atoms with Gasteiger partial charge in [0.05, 0.1) is 11.5 Å². The smallest absolute Gasteiger partial charge is 0.348 e. The third-order valence-electron chi connectivity index (χ3n) is 3.96. The molecule has 0 radical (unpaired) electrons. The van der Waals surface area contributed by atoms with Crippen molar-refractivity contribution in [1.82, 2.24) is 0 Å². The zero-order valence-corrected chi connectivity index (χ0v) is 10.9. The van der Waals surface area contributed by atoms with Gasteiger partial charge in [0.2, 0.25) is 0 Å². The Morgan fingerprint density at radius 3 is 2.00 bits per heavy atom. The maximum atomic E-state index is 11.6. The van der Waals surface area contributed by atoms with E-state index >= 15 is 0 Å². The lowest BCUT2D eigenvalue weighted by Crippen LogP contribution is -2.45. The Morgan fingerprint density at radius 1 is 1.31 bits per heavy atom. The summed E-state index contributed by atoms with van der Waals surface area (Å²) in [5.74, 6) is -0.642. The molecule has 0 aromatic carbocycles. The average molecular weight is 232 g/mol. The van der Waals surface area contributed by atoms with E-state index in [1.807, 2.05) is 13.8 Å². The van der Waals surface area contributed by atoms with E-state index in [4.69, 9.17) is 5.26 Å². The van der Waals surface area contributed by atoms with Crippen molar-refractivity contribution in [2.75, 3.05) is 0 Å². The number of aliphatic hydroxyl groups excluding tert-OH is 1. The van der Waals surface area contributed by atoms with Crippen molar-refractivity contribution < 1.29 is 20.0 Å². The third-order valence-corrected chi connectivity index (χ3v) is 3.96. The van der Waals surface area contributed by atoms with E-state index < -0.39 is 17.5 Å². The Kier molecular flexibility index (Phi) is 5.42. The fourth-order valence-electron chi connectivity index (χ4n) is 2.57. The van der Waals surface area contributed by atoms with E-state index in [9.17, 15) is 9.90 Å². The van der Waals surface area contributed by atoms with E-state index in [0.717, 1.165) is 12.8 Å². The van der Waals surface area contributed by atoms with E-state index in [1.54, 1.807) is 20.8 Å². The average Bonchev–Trinajstić information content (AvgIpc) is 2.23. The van der Waals surface area contributed by atoms with Crippen LogP contribution in [0.1, 0.15) is 53.9 Å². The van der Waals surface area contributed by atoms with Crippen molar-refractivity contribution in [3.63, 3.8) is 0 Å². The molecule has 0 aliphatic carbocycles. The molecule has 0 aliphatic rings. The topological polar surface area (TPSA) is 66.8 Å². The Morgan fingerprint density at radius 2 is 1.75 bits per heavy atom. The van der Waals surface area contributed by atoms with Crippen LogP contribution in [0.25, 0.3) is 0 Å². The van der Waals surface area contributed by atoms with Gasteiger partial charge < -0.3 is 9.99 Å². The van der Waals surface area contributed by atoms with Crippen molar-refractivity contribution in [2.45, 2.75) is 60.0 Å². The molecule has 16 heavy (non-hydrogen) atoms. The van der Waals surface area contributed by atoms with Crippen LogP contribution in [0.3, 0.4) is 0 Å². The minimum Gasteiger partial charge on any atom is -0.393 e. The van der Waals surface area contributed by atoms with Crippen LogP contribution in [0.2, 0.25) is 0 Å². The fraction of sp³-hybridized carbons (Fsp3) is 0.917. The zero-order valence-electron chi connectivity index (χ0n) is 10.9. The summed E-state index contributed by atoms with van der Waals surface area (Å²) in [6.07, 6.45) is 1.53. The standard InChI is InChI=1S/C12H24O4/c1-6-12(7-2,8-9(3)13)11(4,5)10(14)16-15/h9,13,15H,6-8H2,1-5H3. The zero-order chi connectivity index (χ0) is 13.0. The van der Waals surface area contributed by atoms with E-state index in [2.05, 4.69) is 4.89 Å². The van der Waals surface area contributed by atoms with Crippen LogP contribution in [-0.4, -0.2) is 22.4 Å². The number of rotatable bonds is 6. The van der Waals surface area contributed by atoms with Crippen LogP contribution in [0.15, 0.2) is 0 Å². The molecule has 0 saturated carbocycles. The first-order chi connectivity index (χ1) is 7.27. The molecule has 0 fully saturated rings. The maximum absolute atomic E-state index is 11.6. The van der Waals surface area contributed by atoms with Gasteiger partial charge in [0.25, 0.3) is 0 Å². The number of hydrogen-bond acceptors (Lipinski definition) is 4. The van der Waals surface area contributed by atoms with Gasteiger partial charge in [0.1, 0.15) is 0 Å². The molecule has 0 aromatic heterocycles. The van der Waals surface area contributed by atoms with E-state index in [1.165, 1.54) is 0 Å². The summed E-state index contributed by atoms with van der Waals surface area (Å²) < 4.78 is 0. The molecule has 0 amide bonds. The predicted molar refractivity (Wildman–Crippen MR) is 61.8 cm³/mol. The van der Waals surface area contributed by atoms with Crippen LogP contribution < -0.4 is 0 Å². The number of carbonyl (C=O) groups excluding carboxylic acids is 1. The number of carbonyl (C=O) groups is 1. The molecular formula is C12H24O4. The van der Waals surface area contributed by atoms with Gasteiger partial charge in [-0.3, -0.25) is 0 Å². The fourth-order valence-corrected chi connectivity index (χ4v) is 2.57. The molecule has 4 nitrogen and oxygen atoms in total. The third kappa shape index (κ3) is 2.74. The van der Waals surface area contributed by atoms with Crippen LogP contribution >= 0.6 is 0 Å². The van der Waals surface area contributed by atoms with Crippen molar-refractivity contribution in [2.24, 2.45) is 10.8 Å². The molecule has 1 atom stereocenters. The second kappa shape index (κ2) is 5.64. The van der Waals surface area contributed by atoms with Gasteiger partial charge in [0, 0.05) is 0 Å². The molecule has 96 valence electrons. The summed E-state index contributed by atoms with van der Waals surface area (Å²) in [5, 5.41) is 18.1. The Balaban J connectivity index is 5.23. The van der Waals surface area contributed by atoms with Gasteiger partial charge in [-0.15, -0.1) is 0 Å². The van der Waals surface area contributed by atoms with E-state index in [0.29, 0.717) is 6.42 Å². The first-order valence-corrected chi connectivity index (χ1v) is 5.81. The molecule has 0 rings (SSSR count). The van der Waals surface area contributed by atoms with Crippen LogP contribution in [0.4, 0.5) is 0 Å². The summed E-state index contributed by atoms with van der Waals surface area (Å²) in [6, 6.07) is 0. The first kappa shape index (κ1) is 15.4. The lowest BCUT2D eigenvalue weighted by atomic mass is 9.60. The number of aliphatic hydroxyl groups is 1. The maximum Gasteiger partial charge on any atom is 0.348 e. The van der Waals surface area contributed by atoms with Crippen LogP contribution in [-0.2, 0) is 9.68 Å². The molecular weight excluding hydrogens is 208 g/mol. The van der Waals surface area contributed by atoms with E-state index in [-0.39, 0.29) is 5.41 Å². The molecule has 0 saturated heterocycles. The van der Waals surface area contributed by atoms with Gasteiger partial charge in [-0.05, 0) is 45.4 Å². The Bertz CT molecular complexity index is 229. The van der Waals surface area contributed by atoms with Gasteiger partial charge in [-0.25, -0.2) is 4.79 Å². The predicted octanol–water partition coefficient (Wildman–Crippen LogP) is 2.61. The minimum atomic E-state index is -0.817. The summed E-state index contributed by atoms with van der Waals surface area (Å²) in [5.41, 5.74) is -1.18. The quantitative estimate of drug-likeness (QED) is 0.545. The van der Waals surface area contributed by atoms with Gasteiger partial charge in [-0.1, -0.05) is 13.8 Å². The van der Waals surface area contributed by atoms with Crippen molar-refractivity contribution >= 4 is 5.97 Å². The lowest BCUT2D eigenvalue weighted by Gasteiger charge is -2.44. The second-order valence-electron chi connectivity index (χ2n) is 5.04. The summed E-state index contributed by atoms with van der Waals surface area (Å²) in [4.78, 5) is 15.5. The van der Waals surface area contributed by atoms with Crippen molar-refractivity contribution in [3.05, 3.63) is 0 Å². The van der Waals surface area contributed by atoms with Crippen LogP contribution in [0.5, 0.6) is 0 Å².